The summed E-state index contributed by atoms with van der Waals surface area (Å²) in [6.07, 6.45) is -0.183. The van der Waals surface area contributed by atoms with Gasteiger partial charge in [0.05, 0.1) is 12.0 Å². The number of aromatic nitrogens is 1. The Bertz CT molecular complexity index is 591. The number of halogens is 1. The number of nitro groups is 1. The second kappa shape index (κ2) is 6.98. The highest BCUT2D eigenvalue weighted by atomic mass is 35.5. The molecule has 0 amide bonds. The molecule has 0 aliphatic carbocycles. The summed E-state index contributed by atoms with van der Waals surface area (Å²) in [5.41, 5.74) is -0.0224. The van der Waals surface area contributed by atoms with Crippen LogP contribution in [0.4, 0.5) is 11.5 Å². The van der Waals surface area contributed by atoms with Gasteiger partial charge in [-0.15, -0.1) is 0 Å². The highest BCUT2D eigenvalue weighted by Gasteiger charge is 2.27. The van der Waals surface area contributed by atoms with Gasteiger partial charge in [0.2, 0.25) is 5.82 Å². The van der Waals surface area contributed by atoms with Gasteiger partial charge < -0.3 is 10.1 Å². The van der Waals surface area contributed by atoms with Gasteiger partial charge in [0.25, 0.3) is 0 Å². The number of rotatable bonds is 6. The predicted molar refractivity (Wildman–Crippen MR) is 75.4 cm³/mol. The molecule has 1 aromatic heterocycles. The number of ketones is 1. The lowest BCUT2D eigenvalue weighted by Crippen LogP contribution is -2.33. The van der Waals surface area contributed by atoms with Crippen LogP contribution in [0.25, 0.3) is 0 Å². The summed E-state index contributed by atoms with van der Waals surface area (Å²) in [6.45, 7) is 2.79. The van der Waals surface area contributed by atoms with Gasteiger partial charge >= 0.3 is 11.7 Å². The van der Waals surface area contributed by atoms with Crippen LogP contribution >= 0.6 is 11.6 Å². The average Bonchev–Trinajstić information content (AvgIpc) is 2.35. The van der Waals surface area contributed by atoms with E-state index in [1.54, 1.807) is 0 Å². The number of hydrogen-bond donors (Lipinski definition) is 1. The number of Topliss-reactive ketones (excluding diaryl/α,β-unsaturated/α-hetero) is 1. The van der Waals surface area contributed by atoms with Crippen molar-refractivity contribution >= 4 is 34.9 Å². The molecule has 0 bridgehead atoms. The first-order valence-corrected chi connectivity index (χ1v) is 6.29. The fourth-order valence-electron chi connectivity index (χ4n) is 1.74. The number of ether oxygens (including phenoxy) is 1. The van der Waals surface area contributed by atoms with E-state index in [2.05, 4.69) is 15.0 Å². The van der Waals surface area contributed by atoms with Crippen molar-refractivity contribution in [2.24, 2.45) is 0 Å². The lowest BCUT2D eigenvalue weighted by molar-refractivity contribution is -0.384. The maximum Gasteiger partial charge on any atom is 0.328 e. The molecule has 0 spiro atoms. The molecule has 0 aliphatic heterocycles. The molecule has 0 aromatic carbocycles. The summed E-state index contributed by atoms with van der Waals surface area (Å²) < 4.78 is 4.56. The Hall–Kier alpha value is -2.22. The Morgan fingerprint density at radius 3 is 2.67 bits per heavy atom. The van der Waals surface area contributed by atoms with E-state index in [1.165, 1.54) is 19.9 Å². The number of pyridine rings is 1. The van der Waals surface area contributed by atoms with Crippen LogP contribution in [0.1, 0.15) is 18.9 Å². The van der Waals surface area contributed by atoms with E-state index >= 15 is 0 Å². The van der Waals surface area contributed by atoms with Gasteiger partial charge in [-0.3, -0.25) is 14.9 Å². The van der Waals surface area contributed by atoms with Gasteiger partial charge in [-0.2, -0.15) is 0 Å². The monoisotopic (exact) mass is 315 g/mol. The van der Waals surface area contributed by atoms with Crippen LogP contribution in [0.15, 0.2) is 6.07 Å². The molecule has 21 heavy (non-hydrogen) atoms. The van der Waals surface area contributed by atoms with E-state index in [0.29, 0.717) is 0 Å². The van der Waals surface area contributed by atoms with Crippen molar-refractivity contribution in [1.82, 2.24) is 4.98 Å². The number of methoxy groups -OCH3 is 1. The molecule has 9 heteroatoms. The van der Waals surface area contributed by atoms with Crippen molar-refractivity contribution < 1.29 is 19.2 Å². The van der Waals surface area contributed by atoms with Crippen molar-refractivity contribution in [3.05, 3.63) is 26.9 Å². The zero-order chi connectivity index (χ0) is 16.2. The third kappa shape index (κ3) is 4.38. The van der Waals surface area contributed by atoms with E-state index in [0.717, 1.165) is 7.11 Å². The van der Waals surface area contributed by atoms with Crippen LogP contribution in [0, 0.1) is 17.0 Å². The molecular weight excluding hydrogens is 302 g/mol. The number of nitrogens with zero attached hydrogens (tertiary/aromatic N) is 2. The SMILES string of the molecule is COC(=O)[C@H](CC(C)=O)Nc1nc(Cl)cc(C)c1[N+](=O)[O-]. The summed E-state index contributed by atoms with van der Waals surface area (Å²) in [5, 5.41) is 13.7. The highest BCUT2D eigenvalue weighted by Crippen LogP contribution is 2.29. The molecule has 1 aromatic rings. The summed E-state index contributed by atoms with van der Waals surface area (Å²) in [5.74, 6) is -1.18. The van der Waals surface area contributed by atoms with Gasteiger partial charge in [0, 0.05) is 12.0 Å². The van der Waals surface area contributed by atoms with Gasteiger partial charge in [0.15, 0.2) is 0 Å². The highest BCUT2D eigenvalue weighted by molar-refractivity contribution is 6.29. The topological polar surface area (TPSA) is 111 Å². The molecule has 0 radical (unpaired) electrons. The Morgan fingerprint density at radius 1 is 1.57 bits per heavy atom. The van der Waals surface area contributed by atoms with Crippen molar-refractivity contribution in [2.75, 3.05) is 12.4 Å². The molecule has 0 aliphatic rings. The second-order valence-corrected chi connectivity index (χ2v) is 4.73. The molecule has 8 nitrogen and oxygen atoms in total. The maximum atomic E-state index is 11.6. The van der Waals surface area contributed by atoms with E-state index in [-0.39, 0.29) is 34.4 Å². The van der Waals surface area contributed by atoms with E-state index in [1.807, 2.05) is 0 Å². The minimum absolute atomic E-state index is 0.0343. The molecule has 0 saturated carbocycles. The van der Waals surface area contributed by atoms with E-state index < -0.39 is 16.9 Å². The number of esters is 1. The van der Waals surface area contributed by atoms with Crippen molar-refractivity contribution in [2.45, 2.75) is 26.3 Å². The van der Waals surface area contributed by atoms with E-state index in [4.69, 9.17) is 11.6 Å². The molecule has 0 saturated heterocycles. The Labute approximate surface area is 125 Å². The lowest BCUT2D eigenvalue weighted by Gasteiger charge is -2.16. The van der Waals surface area contributed by atoms with Gasteiger partial charge in [-0.1, -0.05) is 11.6 Å². The molecule has 114 valence electrons. The Morgan fingerprint density at radius 2 is 2.19 bits per heavy atom. The third-order valence-corrected chi connectivity index (χ3v) is 2.82. The standard InChI is InChI=1S/C12H14ClN3O5/c1-6-4-9(13)15-11(10(6)16(19)20)14-8(5-7(2)17)12(18)21-3/h4,8H,5H2,1-3H3,(H,14,15)/t8-/m0/s1. The number of carbonyl (C=O) groups excluding carboxylic acids is 2. The number of anilines is 1. The molecule has 1 atom stereocenters. The summed E-state index contributed by atoms with van der Waals surface area (Å²) in [7, 11) is 1.15. The smallest absolute Gasteiger partial charge is 0.328 e. The number of hydrogen-bond acceptors (Lipinski definition) is 7. The molecule has 0 fully saturated rings. The van der Waals surface area contributed by atoms with Crippen LogP contribution in [0.5, 0.6) is 0 Å². The largest absolute Gasteiger partial charge is 0.467 e. The summed E-state index contributed by atoms with van der Waals surface area (Å²) in [6, 6.07) is 0.264. The minimum Gasteiger partial charge on any atom is -0.467 e. The average molecular weight is 316 g/mol. The lowest BCUT2D eigenvalue weighted by atomic mass is 10.1. The predicted octanol–water partition coefficient (Wildman–Crippen LogP) is 1.88. The quantitative estimate of drug-likeness (QED) is 0.369. The van der Waals surface area contributed by atoms with Crippen molar-refractivity contribution in [3.63, 3.8) is 0 Å². The Kier molecular flexibility index (Phi) is 5.60. The first kappa shape index (κ1) is 16.8. The zero-order valence-electron chi connectivity index (χ0n) is 11.7. The summed E-state index contributed by atoms with van der Waals surface area (Å²) >= 11 is 5.77. The van der Waals surface area contributed by atoms with Gasteiger partial charge in [-0.05, 0) is 19.9 Å². The molecule has 1 N–H and O–H groups in total. The number of nitrogens with one attached hydrogen (secondary N) is 1. The van der Waals surface area contributed by atoms with Crippen molar-refractivity contribution in [1.29, 1.82) is 0 Å². The molecule has 0 unspecified atom stereocenters. The molecular formula is C12H14ClN3O5. The number of carbonyl (C=O) groups is 2. The van der Waals surface area contributed by atoms with Gasteiger partial charge in [-0.25, -0.2) is 9.78 Å². The fraction of sp³-hybridized carbons (Fsp3) is 0.417. The van der Waals surface area contributed by atoms with E-state index in [9.17, 15) is 19.7 Å². The zero-order valence-corrected chi connectivity index (χ0v) is 12.4. The normalized spacial score (nSPS) is 11.6. The van der Waals surface area contributed by atoms with Gasteiger partial charge in [0.1, 0.15) is 17.0 Å². The molecule has 1 heterocycles. The van der Waals surface area contributed by atoms with Crippen LogP contribution in [-0.4, -0.2) is 34.8 Å². The van der Waals surface area contributed by atoms with Crippen molar-refractivity contribution in [3.8, 4) is 0 Å². The Balaban J connectivity index is 3.22. The maximum absolute atomic E-state index is 11.6. The summed E-state index contributed by atoms with van der Waals surface area (Å²) in [4.78, 5) is 37.1. The van der Waals surface area contributed by atoms with Crippen LogP contribution in [-0.2, 0) is 14.3 Å². The third-order valence-electron chi connectivity index (χ3n) is 2.62. The first-order chi connectivity index (χ1) is 9.76. The van der Waals surface area contributed by atoms with Crippen LogP contribution in [0.2, 0.25) is 5.15 Å². The second-order valence-electron chi connectivity index (χ2n) is 4.34. The minimum atomic E-state index is -1.07. The van der Waals surface area contributed by atoms with Crippen LogP contribution < -0.4 is 5.32 Å². The number of aryl methyl sites for hydroxylation is 1. The van der Waals surface area contributed by atoms with Crippen LogP contribution in [0.3, 0.4) is 0 Å². The first-order valence-electron chi connectivity index (χ1n) is 5.91. The molecule has 1 rings (SSSR count). The fourth-order valence-corrected chi connectivity index (χ4v) is 1.99.